The van der Waals surface area contributed by atoms with E-state index in [1.165, 1.54) is 4.88 Å². The first-order valence-corrected chi connectivity index (χ1v) is 8.74. The third kappa shape index (κ3) is 3.55. The minimum atomic E-state index is -0.888. The topological polar surface area (TPSA) is 57.6 Å². The first-order valence-electron chi connectivity index (χ1n) is 6.81. The third-order valence-electron chi connectivity index (χ3n) is 3.37. The van der Waals surface area contributed by atoms with E-state index in [-0.39, 0.29) is 11.3 Å². The lowest BCUT2D eigenvalue weighted by Crippen LogP contribution is -2.45. The molecule has 2 unspecified atom stereocenters. The largest absolute Gasteiger partial charge is 0.480 e. The van der Waals surface area contributed by atoms with Crippen molar-refractivity contribution in [1.82, 2.24) is 4.90 Å². The molecule has 1 fully saturated rings. The van der Waals surface area contributed by atoms with E-state index in [1.807, 2.05) is 17.5 Å². The number of aryl methyl sites for hydroxylation is 1. The monoisotopic (exact) mass is 313 g/mol. The summed E-state index contributed by atoms with van der Waals surface area (Å²) in [6.45, 7) is 2.06. The van der Waals surface area contributed by atoms with Crippen molar-refractivity contribution in [2.75, 3.05) is 5.75 Å². The van der Waals surface area contributed by atoms with E-state index in [1.54, 1.807) is 28.0 Å². The quantitative estimate of drug-likeness (QED) is 0.877. The smallest absolute Gasteiger partial charge is 0.327 e. The van der Waals surface area contributed by atoms with Crippen LogP contribution in [0.4, 0.5) is 0 Å². The normalized spacial score (nSPS) is 22.1. The molecule has 6 heteroatoms. The van der Waals surface area contributed by atoms with E-state index in [0.29, 0.717) is 18.6 Å². The molecule has 1 aromatic rings. The molecule has 1 aliphatic heterocycles. The predicted octanol–water partition coefficient (Wildman–Crippen LogP) is 2.84. The van der Waals surface area contributed by atoms with Crippen LogP contribution in [0.15, 0.2) is 17.5 Å². The van der Waals surface area contributed by atoms with Gasteiger partial charge in [-0.3, -0.25) is 4.79 Å². The summed E-state index contributed by atoms with van der Waals surface area (Å²) in [5, 5.41) is 11.3. The molecular formula is C14H19NO3S2. The SMILES string of the molecule is CCCC1SCC(C(=O)O)N1C(=O)CCc1cccs1. The average Bonchev–Trinajstić information content (AvgIpc) is 3.05. The van der Waals surface area contributed by atoms with E-state index >= 15 is 0 Å². The second kappa shape index (κ2) is 7.13. The summed E-state index contributed by atoms with van der Waals surface area (Å²) in [6.07, 6.45) is 2.91. The van der Waals surface area contributed by atoms with Crippen molar-refractivity contribution >= 4 is 35.0 Å². The van der Waals surface area contributed by atoms with Gasteiger partial charge in [0, 0.05) is 17.1 Å². The molecule has 1 aliphatic rings. The lowest BCUT2D eigenvalue weighted by molar-refractivity contribution is -0.149. The highest BCUT2D eigenvalue weighted by molar-refractivity contribution is 8.00. The van der Waals surface area contributed by atoms with Crippen molar-refractivity contribution in [3.63, 3.8) is 0 Å². The van der Waals surface area contributed by atoms with E-state index in [0.717, 1.165) is 12.8 Å². The number of thiophene rings is 1. The van der Waals surface area contributed by atoms with Crippen LogP contribution in [0.25, 0.3) is 0 Å². The molecule has 1 N–H and O–H groups in total. The van der Waals surface area contributed by atoms with Gasteiger partial charge in [-0.1, -0.05) is 19.4 Å². The molecule has 0 bridgehead atoms. The second-order valence-corrected chi connectivity index (χ2v) is 7.05. The molecule has 20 heavy (non-hydrogen) atoms. The first kappa shape index (κ1) is 15.4. The van der Waals surface area contributed by atoms with Crippen LogP contribution in [0.5, 0.6) is 0 Å². The van der Waals surface area contributed by atoms with Gasteiger partial charge >= 0.3 is 5.97 Å². The van der Waals surface area contributed by atoms with Gasteiger partial charge in [0.25, 0.3) is 0 Å². The molecule has 2 rings (SSSR count). The minimum Gasteiger partial charge on any atom is -0.480 e. The summed E-state index contributed by atoms with van der Waals surface area (Å²) in [5.74, 6) is -0.417. The number of carboxylic acids is 1. The molecule has 110 valence electrons. The zero-order valence-corrected chi connectivity index (χ0v) is 13.1. The highest BCUT2D eigenvalue weighted by Crippen LogP contribution is 2.33. The third-order valence-corrected chi connectivity index (χ3v) is 5.66. The van der Waals surface area contributed by atoms with Gasteiger partial charge in [0.1, 0.15) is 6.04 Å². The van der Waals surface area contributed by atoms with Crippen LogP contribution in [0.1, 0.15) is 31.1 Å². The van der Waals surface area contributed by atoms with Gasteiger partial charge in [0.2, 0.25) is 5.91 Å². The van der Waals surface area contributed by atoms with Crippen LogP contribution >= 0.6 is 23.1 Å². The Morgan fingerprint density at radius 2 is 2.30 bits per heavy atom. The summed E-state index contributed by atoms with van der Waals surface area (Å²) in [6, 6.07) is 3.32. The number of carbonyl (C=O) groups is 2. The van der Waals surface area contributed by atoms with Crippen LogP contribution < -0.4 is 0 Å². The Morgan fingerprint density at radius 3 is 2.90 bits per heavy atom. The number of aliphatic carboxylic acids is 1. The highest BCUT2D eigenvalue weighted by atomic mass is 32.2. The van der Waals surface area contributed by atoms with Gasteiger partial charge in [-0.2, -0.15) is 0 Å². The molecule has 0 aliphatic carbocycles. The summed E-state index contributed by atoms with van der Waals surface area (Å²) in [7, 11) is 0. The van der Waals surface area contributed by atoms with Crippen LogP contribution in [0.2, 0.25) is 0 Å². The Hall–Kier alpha value is -1.01. The fourth-order valence-electron chi connectivity index (χ4n) is 2.37. The first-order chi connectivity index (χ1) is 9.63. The number of thioether (sulfide) groups is 1. The molecule has 2 atom stereocenters. The van der Waals surface area contributed by atoms with Crippen molar-refractivity contribution in [3.05, 3.63) is 22.4 Å². The minimum absolute atomic E-state index is 0.0249. The summed E-state index contributed by atoms with van der Waals surface area (Å²) in [5.41, 5.74) is 0. The average molecular weight is 313 g/mol. The molecule has 1 amide bonds. The second-order valence-electron chi connectivity index (χ2n) is 4.81. The maximum Gasteiger partial charge on any atom is 0.327 e. The van der Waals surface area contributed by atoms with E-state index < -0.39 is 12.0 Å². The van der Waals surface area contributed by atoms with E-state index in [2.05, 4.69) is 6.92 Å². The van der Waals surface area contributed by atoms with Crippen molar-refractivity contribution in [3.8, 4) is 0 Å². The van der Waals surface area contributed by atoms with Crippen molar-refractivity contribution in [1.29, 1.82) is 0 Å². The summed E-state index contributed by atoms with van der Waals surface area (Å²) >= 11 is 3.22. The van der Waals surface area contributed by atoms with Crippen molar-refractivity contribution < 1.29 is 14.7 Å². The molecular weight excluding hydrogens is 294 g/mol. The highest BCUT2D eigenvalue weighted by Gasteiger charge is 2.40. The molecule has 0 aromatic carbocycles. The van der Waals surface area contributed by atoms with Crippen LogP contribution in [-0.2, 0) is 16.0 Å². The van der Waals surface area contributed by atoms with Gasteiger partial charge in [0.05, 0.1) is 5.37 Å². The number of nitrogens with zero attached hydrogens (tertiary/aromatic N) is 1. The zero-order valence-electron chi connectivity index (χ0n) is 11.4. The van der Waals surface area contributed by atoms with Gasteiger partial charge in [0.15, 0.2) is 0 Å². The van der Waals surface area contributed by atoms with Crippen molar-refractivity contribution in [2.24, 2.45) is 0 Å². The lowest BCUT2D eigenvalue weighted by atomic mass is 10.2. The van der Waals surface area contributed by atoms with Crippen LogP contribution in [0.3, 0.4) is 0 Å². The molecule has 1 saturated heterocycles. The maximum absolute atomic E-state index is 12.4. The fourth-order valence-corrected chi connectivity index (χ4v) is 4.62. The van der Waals surface area contributed by atoms with Gasteiger partial charge in [-0.05, 0) is 24.3 Å². The zero-order chi connectivity index (χ0) is 14.5. The lowest BCUT2D eigenvalue weighted by Gasteiger charge is -2.27. The Bertz CT molecular complexity index is 461. The molecule has 2 heterocycles. The van der Waals surface area contributed by atoms with E-state index in [9.17, 15) is 14.7 Å². The number of carboxylic acid groups (broad SMARTS) is 1. The standard InChI is InChI=1S/C14H19NO3S2/c1-2-4-13-15(11(9-20-13)14(17)18)12(16)7-6-10-5-3-8-19-10/h3,5,8,11,13H,2,4,6-7,9H2,1H3,(H,17,18). The number of amides is 1. The van der Waals surface area contributed by atoms with Crippen molar-refractivity contribution in [2.45, 2.75) is 44.0 Å². The van der Waals surface area contributed by atoms with Gasteiger partial charge < -0.3 is 10.0 Å². The summed E-state index contributed by atoms with van der Waals surface area (Å²) in [4.78, 5) is 26.5. The molecule has 0 saturated carbocycles. The van der Waals surface area contributed by atoms with Crippen LogP contribution in [0, 0.1) is 0 Å². The molecule has 0 radical (unpaired) electrons. The molecule has 4 nitrogen and oxygen atoms in total. The van der Waals surface area contributed by atoms with Gasteiger partial charge in [-0.15, -0.1) is 23.1 Å². The maximum atomic E-state index is 12.4. The summed E-state index contributed by atoms with van der Waals surface area (Å²) < 4.78 is 0. The number of carbonyl (C=O) groups excluding carboxylic acids is 1. The Kier molecular flexibility index (Phi) is 5.48. The Morgan fingerprint density at radius 1 is 1.50 bits per heavy atom. The Labute approximate surface area is 127 Å². The molecule has 0 spiro atoms. The number of rotatable bonds is 6. The molecule has 1 aromatic heterocycles. The van der Waals surface area contributed by atoms with Gasteiger partial charge in [-0.25, -0.2) is 4.79 Å². The van der Waals surface area contributed by atoms with E-state index in [4.69, 9.17) is 0 Å². The fraction of sp³-hybridized carbons (Fsp3) is 0.571. The number of hydrogen-bond acceptors (Lipinski definition) is 4. The predicted molar refractivity (Wildman–Crippen MR) is 82.1 cm³/mol. The van der Waals surface area contributed by atoms with Crippen LogP contribution in [-0.4, -0.2) is 39.1 Å². The number of hydrogen-bond donors (Lipinski definition) is 1. The Balaban J connectivity index is 2.00.